The third-order valence-corrected chi connectivity index (χ3v) is 3.87. The molecule has 3 heteroatoms. The minimum absolute atomic E-state index is 0.672. The molecule has 0 spiro atoms. The molecule has 1 aliphatic heterocycles. The van der Waals surface area contributed by atoms with Crippen LogP contribution in [-0.2, 0) is 12.8 Å². The summed E-state index contributed by atoms with van der Waals surface area (Å²) in [5, 5.41) is 0. The number of fused-ring (bicyclic) bond motifs is 1. The molecule has 0 saturated carbocycles. The molecule has 0 bridgehead atoms. The summed E-state index contributed by atoms with van der Waals surface area (Å²) in [6.45, 7) is 5.54. The molecule has 3 nitrogen and oxygen atoms in total. The predicted molar refractivity (Wildman–Crippen MR) is 85.2 cm³/mol. The lowest BCUT2D eigenvalue weighted by Crippen LogP contribution is -2.04. The van der Waals surface area contributed by atoms with Gasteiger partial charge < -0.3 is 15.2 Å². The van der Waals surface area contributed by atoms with Crippen molar-refractivity contribution in [2.45, 2.75) is 26.7 Å². The van der Waals surface area contributed by atoms with Crippen LogP contribution in [0.3, 0.4) is 0 Å². The van der Waals surface area contributed by atoms with E-state index in [9.17, 15) is 0 Å². The molecule has 0 atom stereocenters. The van der Waals surface area contributed by atoms with E-state index in [1.54, 1.807) is 0 Å². The standard InChI is InChI=1S/C18H21NO2/c1-12-9-16(19)10-13(2)18(12)21-7-5-14-3-4-17-15(11-14)6-8-20-17/h3-4,9-11H,5-8,19H2,1-2H3. The zero-order valence-electron chi connectivity index (χ0n) is 12.6. The highest BCUT2D eigenvalue weighted by molar-refractivity contribution is 5.52. The lowest BCUT2D eigenvalue weighted by Gasteiger charge is -2.13. The number of aryl methyl sites for hydroxylation is 2. The maximum absolute atomic E-state index is 5.96. The number of ether oxygens (including phenoxy) is 2. The monoisotopic (exact) mass is 283 g/mol. The van der Waals surface area contributed by atoms with Gasteiger partial charge in [-0.25, -0.2) is 0 Å². The first-order chi connectivity index (χ1) is 10.1. The van der Waals surface area contributed by atoms with Crippen molar-refractivity contribution in [2.75, 3.05) is 18.9 Å². The molecule has 0 amide bonds. The lowest BCUT2D eigenvalue weighted by molar-refractivity contribution is 0.317. The average molecular weight is 283 g/mol. The molecule has 110 valence electrons. The number of hydrogen-bond donors (Lipinski definition) is 1. The summed E-state index contributed by atoms with van der Waals surface area (Å²) in [5.41, 5.74) is 11.4. The van der Waals surface area contributed by atoms with Crippen LogP contribution in [0.25, 0.3) is 0 Å². The number of rotatable bonds is 4. The third kappa shape index (κ3) is 2.97. The van der Waals surface area contributed by atoms with Crippen molar-refractivity contribution < 1.29 is 9.47 Å². The van der Waals surface area contributed by atoms with E-state index in [1.165, 1.54) is 11.1 Å². The Labute approximate surface area is 125 Å². The molecule has 0 aromatic heterocycles. The van der Waals surface area contributed by atoms with Gasteiger partial charge in [-0.1, -0.05) is 12.1 Å². The summed E-state index contributed by atoms with van der Waals surface area (Å²) in [6.07, 6.45) is 1.91. The van der Waals surface area contributed by atoms with E-state index < -0.39 is 0 Å². The highest BCUT2D eigenvalue weighted by Crippen LogP contribution is 2.27. The molecule has 0 radical (unpaired) electrons. The highest BCUT2D eigenvalue weighted by Gasteiger charge is 2.12. The van der Waals surface area contributed by atoms with E-state index in [-0.39, 0.29) is 0 Å². The fourth-order valence-corrected chi connectivity index (χ4v) is 2.88. The van der Waals surface area contributed by atoms with Crippen LogP contribution >= 0.6 is 0 Å². The second-order valence-corrected chi connectivity index (χ2v) is 5.62. The van der Waals surface area contributed by atoms with E-state index in [1.807, 2.05) is 26.0 Å². The van der Waals surface area contributed by atoms with Crippen LogP contribution in [0.1, 0.15) is 22.3 Å². The van der Waals surface area contributed by atoms with Crippen LogP contribution in [0.15, 0.2) is 30.3 Å². The first kappa shape index (κ1) is 13.8. The summed E-state index contributed by atoms with van der Waals surface area (Å²) < 4.78 is 11.5. The summed E-state index contributed by atoms with van der Waals surface area (Å²) in [6, 6.07) is 10.3. The largest absolute Gasteiger partial charge is 0.493 e. The number of hydrogen-bond acceptors (Lipinski definition) is 3. The van der Waals surface area contributed by atoms with Crippen molar-refractivity contribution in [1.82, 2.24) is 0 Å². The molecule has 21 heavy (non-hydrogen) atoms. The van der Waals surface area contributed by atoms with Crippen molar-refractivity contribution in [3.05, 3.63) is 52.6 Å². The molecule has 0 unspecified atom stereocenters. The average Bonchev–Trinajstić information content (AvgIpc) is 2.89. The van der Waals surface area contributed by atoms with Gasteiger partial charge in [0.15, 0.2) is 0 Å². The molecule has 2 aromatic rings. The fourth-order valence-electron chi connectivity index (χ4n) is 2.88. The molecule has 0 fully saturated rings. The van der Waals surface area contributed by atoms with E-state index >= 15 is 0 Å². The van der Waals surface area contributed by atoms with Crippen molar-refractivity contribution >= 4 is 5.69 Å². The summed E-state index contributed by atoms with van der Waals surface area (Å²) in [4.78, 5) is 0. The molecule has 1 aliphatic rings. The van der Waals surface area contributed by atoms with E-state index in [0.717, 1.165) is 47.8 Å². The van der Waals surface area contributed by atoms with Crippen LogP contribution in [0, 0.1) is 13.8 Å². The Kier molecular flexibility index (Phi) is 3.74. The van der Waals surface area contributed by atoms with Gasteiger partial charge in [-0.05, 0) is 54.3 Å². The first-order valence-electron chi connectivity index (χ1n) is 7.37. The maximum Gasteiger partial charge on any atom is 0.125 e. The molecule has 0 aliphatic carbocycles. The number of nitrogens with two attached hydrogens (primary N) is 1. The zero-order valence-corrected chi connectivity index (χ0v) is 12.6. The molecule has 1 heterocycles. The number of nitrogen functional groups attached to an aromatic ring is 1. The molecule has 2 N–H and O–H groups in total. The second-order valence-electron chi connectivity index (χ2n) is 5.62. The van der Waals surface area contributed by atoms with E-state index in [2.05, 4.69) is 18.2 Å². The predicted octanol–water partition coefficient (Wildman–Crippen LogP) is 3.44. The van der Waals surface area contributed by atoms with Gasteiger partial charge in [0.2, 0.25) is 0 Å². The molecular formula is C18H21NO2. The van der Waals surface area contributed by atoms with Gasteiger partial charge in [-0.15, -0.1) is 0 Å². The molecule has 0 saturated heterocycles. The van der Waals surface area contributed by atoms with E-state index in [4.69, 9.17) is 15.2 Å². The van der Waals surface area contributed by atoms with Gasteiger partial charge in [0.1, 0.15) is 11.5 Å². The lowest BCUT2D eigenvalue weighted by atomic mass is 10.1. The zero-order chi connectivity index (χ0) is 14.8. The summed E-state index contributed by atoms with van der Waals surface area (Å²) in [5.74, 6) is 1.98. The van der Waals surface area contributed by atoms with Gasteiger partial charge in [-0.3, -0.25) is 0 Å². The minimum Gasteiger partial charge on any atom is -0.493 e. The van der Waals surface area contributed by atoms with Crippen molar-refractivity contribution in [2.24, 2.45) is 0 Å². The molecule has 2 aromatic carbocycles. The van der Waals surface area contributed by atoms with Gasteiger partial charge in [0.05, 0.1) is 13.2 Å². The SMILES string of the molecule is Cc1cc(N)cc(C)c1OCCc1ccc2c(c1)CCO2. The fraction of sp³-hybridized carbons (Fsp3) is 0.333. The van der Waals surface area contributed by atoms with Crippen LogP contribution in [0.2, 0.25) is 0 Å². The Balaban J connectivity index is 1.64. The van der Waals surface area contributed by atoms with Crippen LogP contribution in [0.4, 0.5) is 5.69 Å². The topological polar surface area (TPSA) is 44.5 Å². The summed E-state index contributed by atoms with van der Waals surface area (Å²) in [7, 11) is 0. The molecular weight excluding hydrogens is 262 g/mol. The van der Waals surface area contributed by atoms with Crippen molar-refractivity contribution in [3.63, 3.8) is 0 Å². The summed E-state index contributed by atoms with van der Waals surface area (Å²) >= 11 is 0. The van der Waals surface area contributed by atoms with Gasteiger partial charge >= 0.3 is 0 Å². The Bertz CT molecular complexity index is 641. The smallest absolute Gasteiger partial charge is 0.125 e. The quantitative estimate of drug-likeness (QED) is 0.874. The number of benzene rings is 2. The van der Waals surface area contributed by atoms with Gasteiger partial charge in [-0.2, -0.15) is 0 Å². The normalized spacial score (nSPS) is 12.9. The van der Waals surface area contributed by atoms with E-state index in [0.29, 0.717) is 6.61 Å². The van der Waals surface area contributed by atoms with Crippen LogP contribution < -0.4 is 15.2 Å². The van der Waals surface area contributed by atoms with Crippen LogP contribution in [0.5, 0.6) is 11.5 Å². The van der Waals surface area contributed by atoms with Crippen molar-refractivity contribution in [1.29, 1.82) is 0 Å². The Morgan fingerprint density at radius 1 is 1.14 bits per heavy atom. The highest BCUT2D eigenvalue weighted by atomic mass is 16.5. The Morgan fingerprint density at radius 3 is 2.67 bits per heavy atom. The van der Waals surface area contributed by atoms with Gasteiger partial charge in [0, 0.05) is 18.5 Å². The minimum atomic E-state index is 0.672. The number of anilines is 1. The second kappa shape index (κ2) is 5.68. The molecule has 3 rings (SSSR count). The van der Waals surface area contributed by atoms with Crippen LogP contribution in [-0.4, -0.2) is 13.2 Å². The Morgan fingerprint density at radius 2 is 1.90 bits per heavy atom. The maximum atomic E-state index is 5.96. The van der Waals surface area contributed by atoms with Gasteiger partial charge in [0.25, 0.3) is 0 Å². The third-order valence-electron chi connectivity index (χ3n) is 3.87. The van der Waals surface area contributed by atoms with Crippen molar-refractivity contribution in [3.8, 4) is 11.5 Å². The Hall–Kier alpha value is -2.16. The first-order valence-corrected chi connectivity index (χ1v) is 7.37.